The van der Waals surface area contributed by atoms with E-state index < -0.39 is 5.54 Å². The zero-order chi connectivity index (χ0) is 19.3. The van der Waals surface area contributed by atoms with Gasteiger partial charge in [-0.05, 0) is 38.8 Å². The number of hydrogen-bond acceptors (Lipinski definition) is 6. The van der Waals surface area contributed by atoms with Crippen LogP contribution in [-0.4, -0.2) is 42.1 Å². The highest BCUT2D eigenvalue weighted by Gasteiger charge is 2.35. The summed E-state index contributed by atoms with van der Waals surface area (Å²) < 4.78 is 3.60. The monoisotopic (exact) mass is 396 g/mol. The van der Waals surface area contributed by atoms with Gasteiger partial charge in [-0.15, -0.1) is 0 Å². The molecule has 8 nitrogen and oxygen atoms in total. The van der Waals surface area contributed by atoms with Crippen molar-refractivity contribution in [3.05, 3.63) is 48.0 Å². The maximum Gasteiger partial charge on any atom is 0.234 e. The molecule has 0 radical (unpaired) electrons. The lowest BCUT2D eigenvalue weighted by atomic mass is 9.79. The summed E-state index contributed by atoms with van der Waals surface area (Å²) in [5.41, 5.74) is 9.00. The minimum Gasteiger partial charge on any atom is -0.319 e. The summed E-state index contributed by atoms with van der Waals surface area (Å²) in [5, 5.41) is 8.59. The zero-order valence-corrected chi connectivity index (χ0v) is 16.3. The molecule has 28 heavy (non-hydrogen) atoms. The van der Waals surface area contributed by atoms with Gasteiger partial charge in [0.05, 0.1) is 23.4 Å². The van der Waals surface area contributed by atoms with Crippen LogP contribution >= 0.6 is 11.6 Å². The average molecular weight is 397 g/mol. The number of nitrogens with zero attached hydrogens (tertiary/aromatic N) is 6. The van der Waals surface area contributed by atoms with Crippen LogP contribution in [0.25, 0.3) is 22.4 Å². The molecule has 0 aromatic carbocycles. The van der Waals surface area contributed by atoms with E-state index in [1.807, 2.05) is 36.2 Å². The van der Waals surface area contributed by atoms with Crippen molar-refractivity contribution < 1.29 is 0 Å². The molecule has 0 spiro atoms. The molecule has 4 heterocycles. The Morgan fingerprint density at radius 3 is 2.75 bits per heavy atom. The maximum absolute atomic E-state index is 6.67. The number of imidazole rings is 1. The van der Waals surface area contributed by atoms with E-state index in [1.54, 1.807) is 16.8 Å². The molecule has 0 aliphatic heterocycles. The largest absolute Gasteiger partial charge is 0.319 e. The van der Waals surface area contributed by atoms with Crippen LogP contribution in [0.4, 0.5) is 0 Å². The van der Waals surface area contributed by atoms with E-state index in [4.69, 9.17) is 22.4 Å². The molecule has 5 rings (SSSR count). The van der Waals surface area contributed by atoms with Crippen LogP contribution in [0.3, 0.4) is 0 Å². The van der Waals surface area contributed by atoms with Crippen molar-refractivity contribution in [3.63, 3.8) is 0 Å². The fourth-order valence-electron chi connectivity index (χ4n) is 4.00. The smallest absolute Gasteiger partial charge is 0.234 e. The molecule has 144 valence electrons. The summed E-state index contributed by atoms with van der Waals surface area (Å²) in [5.74, 6) is 1.26. The predicted molar refractivity (Wildman–Crippen MR) is 107 cm³/mol. The lowest BCUT2D eigenvalue weighted by molar-refractivity contribution is 0.245. The molecule has 3 N–H and O–H groups in total. The van der Waals surface area contributed by atoms with Crippen LogP contribution < -0.4 is 11.1 Å². The lowest BCUT2D eigenvalue weighted by Crippen LogP contribution is -2.45. The minimum absolute atomic E-state index is 0.475. The Balaban J connectivity index is 1.52. The number of nitrogens with one attached hydrogen (secondary N) is 1. The molecule has 4 aromatic rings. The van der Waals surface area contributed by atoms with Crippen molar-refractivity contribution in [3.8, 4) is 11.1 Å². The number of rotatable bonds is 3. The minimum atomic E-state index is -0.475. The molecule has 0 unspecified atom stereocenters. The molecule has 0 atom stereocenters. The van der Waals surface area contributed by atoms with E-state index in [1.165, 1.54) is 0 Å². The topological polar surface area (TPSA) is 98.4 Å². The van der Waals surface area contributed by atoms with Crippen molar-refractivity contribution >= 4 is 22.9 Å². The van der Waals surface area contributed by atoms with E-state index in [9.17, 15) is 0 Å². The summed E-state index contributed by atoms with van der Waals surface area (Å²) >= 11 is 6.18. The van der Waals surface area contributed by atoms with Crippen LogP contribution in [0, 0.1) is 0 Å². The van der Waals surface area contributed by atoms with Gasteiger partial charge in [0, 0.05) is 35.8 Å². The first kappa shape index (κ1) is 17.5. The van der Waals surface area contributed by atoms with Gasteiger partial charge in [0.25, 0.3) is 0 Å². The first-order valence-electron chi connectivity index (χ1n) is 9.37. The third-order valence-electron chi connectivity index (χ3n) is 5.78. The average Bonchev–Trinajstić information content (AvgIpc) is 3.31. The first-order valence-corrected chi connectivity index (χ1v) is 9.75. The van der Waals surface area contributed by atoms with Crippen molar-refractivity contribution in [1.82, 2.24) is 34.3 Å². The molecular weight excluding hydrogens is 376 g/mol. The molecule has 4 aromatic heterocycles. The van der Waals surface area contributed by atoms with Gasteiger partial charge in [-0.25, -0.2) is 19.5 Å². The quantitative estimate of drug-likeness (QED) is 0.551. The second-order valence-corrected chi connectivity index (χ2v) is 7.84. The molecule has 9 heteroatoms. The van der Waals surface area contributed by atoms with Crippen molar-refractivity contribution in [2.75, 3.05) is 7.05 Å². The zero-order valence-electron chi connectivity index (χ0n) is 15.5. The van der Waals surface area contributed by atoms with E-state index in [-0.39, 0.29) is 0 Å². The van der Waals surface area contributed by atoms with Crippen LogP contribution in [0.5, 0.6) is 0 Å². The summed E-state index contributed by atoms with van der Waals surface area (Å²) in [4.78, 5) is 13.2. The third-order valence-corrected chi connectivity index (χ3v) is 6.06. The van der Waals surface area contributed by atoms with Crippen molar-refractivity contribution in [2.24, 2.45) is 5.73 Å². The Kier molecular flexibility index (Phi) is 4.08. The van der Waals surface area contributed by atoms with Gasteiger partial charge in [-0.2, -0.15) is 5.10 Å². The number of halogens is 1. The summed E-state index contributed by atoms with van der Waals surface area (Å²) in [7, 11) is 2.00. The third kappa shape index (κ3) is 2.76. The number of aromatic nitrogens is 6. The molecule has 0 saturated heterocycles. The highest BCUT2D eigenvalue weighted by Crippen LogP contribution is 2.33. The van der Waals surface area contributed by atoms with Crippen molar-refractivity contribution in [1.29, 1.82) is 0 Å². The normalized spacial score (nSPS) is 22.9. The highest BCUT2D eigenvalue weighted by molar-refractivity contribution is 6.29. The van der Waals surface area contributed by atoms with Gasteiger partial charge in [-0.3, -0.25) is 4.40 Å². The molecule has 0 amide bonds. The van der Waals surface area contributed by atoms with Crippen LogP contribution in [-0.2, 0) is 5.54 Å². The van der Waals surface area contributed by atoms with Gasteiger partial charge in [0.15, 0.2) is 5.82 Å². The fourth-order valence-corrected chi connectivity index (χ4v) is 4.18. The number of hydrogen-bond donors (Lipinski definition) is 2. The van der Waals surface area contributed by atoms with Gasteiger partial charge in [0.1, 0.15) is 5.15 Å². The van der Waals surface area contributed by atoms with Crippen molar-refractivity contribution in [2.45, 2.75) is 37.3 Å². The molecule has 1 aliphatic carbocycles. The van der Waals surface area contributed by atoms with E-state index in [0.717, 1.165) is 42.3 Å². The maximum atomic E-state index is 6.67. The summed E-state index contributed by atoms with van der Waals surface area (Å²) in [6, 6.07) is 2.53. The SMILES string of the molecule is CNC1CCC(N)(c2ncc3c(-c4cnc5ncc(Cl)n5c4)ccn3n2)CC1. The Morgan fingerprint density at radius 1 is 1.18 bits per heavy atom. The van der Waals surface area contributed by atoms with Crippen LogP contribution in [0.1, 0.15) is 31.5 Å². The first-order chi connectivity index (χ1) is 13.6. The van der Waals surface area contributed by atoms with Crippen LogP contribution in [0.15, 0.2) is 37.1 Å². The standard InChI is InChI=1S/C19H21ClN8/c1-22-13-2-5-19(21,6-3-13)17-23-9-15-14(4-7-28(15)26-17)12-8-24-18-25-10-16(20)27(18)11-12/h4,7-11,13,22H,2-3,5-6,21H2,1H3. The second-order valence-electron chi connectivity index (χ2n) is 7.45. The Morgan fingerprint density at radius 2 is 1.96 bits per heavy atom. The lowest BCUT2D eigenvalue weighted by Gasteiger charge is -2.35. The highest BCUT2D eigenvalue weighted by atomic mass is 35.5. The molecule has 0 bridgehead atoms. The summed E-state index contributed by atoms with van der Waals surface area (Å²) in [6.45, 7) is 0. The van der Waals surface area contributed by atoms with Gasteiger partial charge < -0.3 is 11.1 Å². The van der Waals surface area contributed by atoms with Gasteiger partial charge >= 0.3 is 0 Å². The molecular formula is C19H21ClN8. The molecule has 1 saturated carbocycles. The van der Waals surface area contributed by atoms with E-state index >= 15 is 0 Å². The predicted octanol–water partition coefficient (Wildman–Crippen LogP) is 2.41. The second kappa shape index (κ2) is 6.51. The fraction of sp³-hybridized carbons (Fsp3) is 0.368. The molecule has 1 fully saturated rings. The Hall–Kier alpha value is -2.55. The van der Waals surface area contributed by atoms with E-state index in [0.29, 0.717) is 22.8 Å². The summed E-state index contributed by atoms with van der Waals surface area (Å²) in [6.07, 6.45) is 12.9. The Bertz CT molecular complexity index is 1160. The van der Waals surface area contributed by atoms with E-state index in [2.05, 4.69) is 20.3 Å². The Labute approximate surface area is 166 Å². The van der Waals surface area contributed by atoms with Crippen LogP contribution in [0.2, 0.25) is 5.15 Å². The molecule has 1 aliphatic rings. The number of fused-ring (bicyclic) bond motifs is 2. The number of nitrogens with two attached hydrogens (primary N) is 1. The van der Waals surface area contributed by atoms with Gasteiger partial charge in [0.2, 0.25) is 5.78 Å². The van der Waals surface area contributed by atoms with Gasteiger partial charge in [-0.1, -0.05) is 11.6 Å².